The second-order valence-electron chi connectivity index (χ2n) is 7.37. The maximum Gasteiger partial charge on any atom is 0.332 e. The molecule has 0 heterocycles. The summed E-state index contributed by atoms with van der Waals surface area (Å²) >= 11 is 0. The van der Waals surface area contributed by atoms with Crippen LogP contribution in [0.5, 0.6) is 0 Å². The van der Waals surface area contributed by atoms with E-state index in [1.54, 1.807) is 0 Å². The predicted octanol–water partition coefficient (Wildman–Crippen LogP) is 3.90. The van der Waals surface area contributed by atoms with E-state index in [1.807, 2.05) is 0 Å². The van der Waals surface area contributed by atoms with E-state index >= 15 is 0 Å². The highest BCUT2D eigenvalue weighted by Crippen LogP contribution is 2.11. The van der Waals surface area contributed by atoms with Gasteiger partial charge >= 0.3 is 5.97 Å². The number of esters is 1. The molecule has 0 fully saturated rings. The number of carbonyl (C=O) groups is 1. The third-order valence-electron chi connectivity index (χ3n) is 4.58. The van der Waals surface area contributed by atoms with Gasteiger partial charge in [0.15, 0.2) is 0 Å². The fourth-order valence-corrected chi connectivity index (χ4v) is 2.87. The number of hydrogen-bond donors (Lipinski definition) is 1. The number of aliphatic hydroxyl groups excluding tert-OH is 1. The molecule has 0 atom stereocenters. The minimum atomic E-state index is -0.312. The number of unbranched alkanes of at least 4 members (excludes halogenated alkanes) is 10. The largest absolute Gasteiger partial charge is 0.464 e. The molecule has 0 unspecified atom stereocenters. The van der Waals surface area contributed by atoms with Crippen LogP contribution in [-0.4, -0.2) is 77.1 Å². The quantitative estimate of drug-likeness (QED) is 0.172. The van der Waals surface area contributed by atoms with E-state index in [-0.39, 0.29) is 19.2 Å². The third kappa shape index (κ3) is 25.3. The number of rotatable bonds is 25. The van der Waals surface area contributed by atoms with Crippen molar-refractivity contribution in [2.24, 2.45) is 0 Å². The van der Waals surface area contributed by atoms with Crippen LogP contribution < -0.4 is 0 Å². The molecule has 0 aromatic rings. The zero-order valence-corrected chi connectivity index (χ0v) is 19.2. The fourth-order valence-electron chi connectivity index (χ4n) is 2.87. The van der Waals surface area contributed by atoms with Crippen LogP contribution in [0.2, 0.25) is 0 Å². The topological polar surface area (TPSA) is 83.5 Å². The molecular formula is C23H46O7. The Morgan fingerprint density at radius 2 is 1.00 bits per heavy atom. The average molecular weight is 435 g/mol. The van der Waals surface area contributed by atoms with Crippen molar-refractivity contribution in [3.8, 4) is 0 Å². The van der Waals surface area contributed by atoms with Crippen LogP contribution >= 0.6 is 0 Å². The van der Waals surface area contributed by atoms with Gasteiger partial charge in [-0.1, -0.05) is 71.1 Å². The van der Waals surface area contributed by atoms with Crippen LogP contribution in [0.1, 0.15) is 77.6 Å². The first-order chi connectivity index (χ1) is 14.8. The average Bonchev–Trinajstić information content (AvgIpc) is 2.75. The van der Waals surface area contributed by atoms with Crippen molar-refractivity contribution in [3.05, 3.63) is 0 Å². The van der Waals surface area contributed by atoms with E-state index in [0.29, 0.717) is 52.9 Å². The lowest BCUT2D eigenvalue weighted by Gasteiger charge is -2.07. The van der Waals surface area contributed by atoms with Crippen LogP contribution in [0.25, 0.3) is 0 Å². The van der Waals surface area contributed by atoms with Crippen molar-refractivity contribution in [1.29, 1.82) is 0 Å². The van der Waals surface area contributed by atoms with E-state index in [4.69, 9.17) is 28.8 Å². The summed E-state index contributed by atoms with van der Waals surface area (Å²) in [6, 6.07) is 0. The molecule has 0 aliphatic heterocycles. The van der Waals surface area contributed by atoms with Gasteiger partial charge in [0.05, 0.1) is 59.5 Å². The van der Waals surface area contributed by atoms with Gasteiger partial charge in [0.25, 0.3) is 0 Å². The molecule has 0 aliphatic rings. The Labute approximate surface area is 183 Å². The molecule has 1 N–H and O–H groups in total. The van der Waals surface area contributed by atoms with Crippen LogP contribution in [0, 0.1) is 0 Å². The highest BCUT2D eigenvalue weighted by Gasteiger charge is 2.02. The molecule has 0 rings (SSSR count). The minimum Gasteiger partial charge on any atom is -0.464 e. The Kier molecular flexibility index (Phi) is 25.7. The second-order valence-corrected chi connectivity index (χ2v) is 7.37. The molecule has 0 amide bonds. The number of aliphatic hydroxyl groups is 1. The molecule has 0 aromatic carbocycles. The SMILES string of the molecule is CCCCCCCCCCCCCOC(=O)COCCOCCOCCOCCO. The Morgan fingerprint density at radius 3 is 1.50 bits per heavy atom. The first kappa shape index (κ1) is 29.3. The van der Waals surface area contributed by atoms with Crippen LogP contribution in [0.15, 0.2) is 0 Å². The first-order valence-electron chi connectivity index (χ1n) is 11.9. The van der Waals surface area contributed by atoms with Gasteiger partial charge in [0, 0.05) is 0 Å². The molecule has 7 nitrogen and oxygen atoms in total. The molecule has 7 heteroatoms. The zero-order chi connectivity index (χ0) is 22.0. The minimum absolute atomic E-state index is 0.0238. The Bertz CT molecular complexity index is 310. The molecule has 0 aliphatic carbocycles. The molecule has 0 bridgehead atoms. The highest BCUT2D eigenvalue weighted by atomic mass is 16.6. The lowest BCUT2D eigenvalue weighted by molar-refractivity contribution is -0.149. The Hall–Kier alpha value is -0.730. The van der Waals surface area contributed by atoms with Crippen molar-refractivity contribution in [3.63, 3.8) is 0 Å². The summed E-state index contributed by atoms with van der Waals surface area (Å²) < 4.78 is 26.1. The van der Waals surface area contributed by atoms with E-state index in [1.165, 1.54) is 57.8 Å². The van der Waals surface area contributed by atoms with Crippen molar-refractivity contribution < 1.29 is 33.6 Å². The van der Waals surface area contributed by atoms with Gasteiger partial charge in [0.1, 0.15) is 6.61 Å². The van der Waals surface area contributed by atoms with E-state index in [9.17, 15) is 4.79 Å². The van der Waals surface area contributed by atoms with Gasteiger partial charge in [-0.2, -0.15) is 0 Å². The maximum atomic E-state index is 11.6. The van der Waals surface area contributed by atoms with Crippen LogP contribution in [0.4, 0.5) is 0 Å². The van der Waals surface area contributed by atoms with Gasteiger partial charge in [-0.3, -0.25) is 0 Å². The summed E-state index contributed by atoms with van der Waals surface area (Å²) in [6.45, 7) is 5.71. The number of hydrogen-bond acceptors (Lipinski definition) is 7. The molecule has 0 aromatic heterocycles. The Morgan fingerprint density at radius 1 is 0.567 bits per heavy atom. The summed E-state index contributed by atoms with van der Waals surface area (Å²) in [5.74, 6) is -0.312. The maximum absolute atomic E-state index is 11.6. The monoisotopic (exact) mass is 434 g/mol. The molecule has 0 saturated carbocycles. The number of ether oxygens (including phenoxy) is 5. The van der Waals surface area contributed by atoms with Crippen LogP contribution in [0.3, 0.4) is 0 Å². The molecule has 0 radical (unpaired) electrons. The summed E-state index contributed by atoms with van der Waals surface area (Å²) in [6.07, 6.45) is 14.1. The molecule has 180 valence electrons. The third-order valence-corrected chi connectivity index (χ3v) is 4.58. The smallest absolute Gasteiger partial charge is 0.332 e. The summed E-state index contributed by atoms with van der Waals surface area (Å²) in [5, 5.41) is 8.54. The fraction of sp³-hybridized carbons (Fsp3) is 0.957. The lowest BCUT2D eigenvalue weighted by atomic mass is 10.1. The molecule has 0 saturated heterocycles. The summed E-state index contributed by atoms with van der Waals surface area (Å²) in [5.41, 5.74) is 0. The van der Waals surface area contributed by atoms with E-state index in [2.05, 4.69) is 6.92 Å². The van der Waals surface area contributed by atoms with Gasteiger partial charge in [0.2, 0.25) is 0 Å². The molecule has 30 heavy (non-hydrogen) atoms. The molecule has 0 spiro atoms. The van der Waals surface area contributed by atoms with E-state index in [0.717, 1.165) is 12.8 Å². The van der Waals surface area contributed by atoms with Gasteiger partial charge < -0.3 is 28.8 Å². The normalized spacial score (nSPS) is 11.1. The highest BCUT2D eigenvalue weighted by molar-refractivity contribution is 5.70. The lowest BCUT2D eigenvalue weighted by Crippen LogP contribution is -2.16. The first-order valence-corrected chi connectivity index (χ1v) is 11.9. The van der Waals surface area contributed by atoms with Crippen LogP contribution in [-0.2, 0) is 28.5 Å². The summed E-state index contributed by atoms with van der Waals surface area (Å²) in [4.78, 5) is 11.6. The van der Waals surface area contributed by atoms with E-state index < -0.39 is 0 Å². The van der Waals surface area contributed by atoms with Crippen molar-refractivity contribution in [1.82, 2.24) is 0 Å². The second kappa shape index (κ2) is 26.3. The Balaban J connectivity index is 3.14. The number of carbonyl (C=O) groups excluding carboxylic acids is 1. The van der Waals surface area contributed by atoms with Gasteiger partial charge in [-0.15, -0.1) is 0 Å². The molecular weight excluding hydrogens is 388 g/mol. The van der Waals surface area contributed by atoms with Crippen molar-refractivity contribution in [2.45, 2.75) is 77.6 Å². The van der Waals surface area contributed by atoms with Gasteiger partial charge in [-0.05, 0) is 6.42 Å². The zero-order valence-electron chi connectivity index (χ0n) is 19.2. The van der Waals surface area contributed by atoms with Crippen molar-refractivity contribution in [2.75, 3.05) is 66.1 Å². The van der Waals surface area contributed by atoms with Gasteiger partial charge in [-0.25, -0.2) is 4.79 Å². The predicted molar refractivity (Wildman–Crippen MR) is 118 cm³/mol. The standard InChI is InChI=1S/C23H46O7/c1-2-3-4-5-6-7-8-9-10-11-12-14-30-23(25)22-29-21-20-28-19-18-27-17-16-26-15-13-24/h24H,2-22H2,1H3. The van der Waals surface area contributed by atoms with Crippen molar-refractivity contribution >= 4 is 5.97 Å². The summed E-state index contributed by atoms with van der Waals surface area (Å²) in [7, 11) is 0.